The molecule has 0 saturated carbocycles. The lowest BCUT2D eigenvalue weighted by Crippen LogP contribution is -2.00. The molecule has 0 unspecified atom stereocenters. The number of hydrogen-bond acceptors (Lipinski definition) is 1. The first kappa shape index (κ1) is 19.1. The van der Waals surface area contributed by atoms with Gasteiger partial charge in [0.25, 0.3) is 0 Å². The molecule has 158 valence electrons. The zero-order chi connectivity index (χ0) is 21.8. The molecule has 1 heteroatoms. The van der Waals surface area contributed by atoms with E-state index < -0.39 is 0 Å². The molecule has 0 nitrogen and oxygen atoms in total. The summed E-state index contributed by atoms with van der Waals surface area (Å²) in [7, 11) is 0. The molecule has 1 heterocycles. The smallest absolute Gasteiger partial charge is 0.0351 e. The highest BCUT2D eigenvalue weighted by Gasteiger charge is 2.22. The molecule has 0 saturated heterocycles. The van der Waals surface area contributed by atoms with Crippen molar-refractivity contribution in [3.8, 4) is 0 Å². The Morgan fingerprint density at radius 1 is 0.576 bits per heavy atom. The second-order valence-corrected chi connectivity index (χ2v) is 10.2. The van der Waals surface area contributed by atoms with Gasteiger partial charge in [0.15, 0.2) is 0 Å². The Bertz CT molecular complexity index is 1600. The second kappa shape index (κ2) is 7.57. The van der Waals surface area contributed by atoms with Crippen LogP contribution in [-0.2, 0) is 6.42 Å². The Hall–Kier alpha value is -3.42. The quantitative estimate of drug-likeness (QED) is 0.240. The minimum atomic E-state index is 1.10. The molecule has 0 aliphatic heterocycles. The van der Waals surface area contributed by atoms with E-state index in [0.29, 0.717) is 0 Å². The Balaban J connectivity index is 1.57. The van der Waals surface area contributed by atoms with Crippen molar-refractivity contribution in [3.63, 3.8) is 0 Å². The standard InChI is InChI=1S/C32H24S/c1-2-10-21(11-3-1)31-24-13-4-6-15-26(24)32(27-16-7-5-14-25(27)31)22-18-19-30-28(20-22)23-12-8-9-17-29(23)33-30/h1-2,4-10,12-17,20H,3,11,18-19H2. The van der Waals surface area contributed by atoms with Crippen LogP contribution in [0.2, 0.25) is 0 Å². The highest BCUT2D eigenvalue weighted by Crippen LogP contribution is 2.46. The predicted octanol–water partition coefficient (Wildman–Crippen LogP) is 9.43. The lowest BCUT2D eigenvalue weighted by atomic mass is 9.81. The monoisotopic (exact) mass is 440 g/mol. The fourth-order valence-electron chi connectivity index (χ4n) is 5.78. The van der Waals surface area contributed by atoms with E-state index in [4.69, 9.17) is 0 Å². The summed E-state index contributed by atoms with van der Waals surface area (Å²) in [6.07, 6.45) is 13.8. The van der Waals surface area contributed by atoms with Gasteiger partial charge in [-0.05, 0) is 92.6 Å². The van der Waals surface area contributed by atoms with Gasteiger partial charge >= 0.3 is 0 Å². The molecule has 0 bridgehead atoms. The average molecular weight is 441 g/mol. The fraction of sp³-hybridized carbons (Fsp3) is 0.125. The first-order valence-corrected chi connectivity index (χ1v) is 12.7. The highest BCUT2D eigenvalue weighted by atomic mass is 32.1. The van der Waals surface area contributed by atoms with E-state index >= 15 is 0 Å². The van der Waals surface area contributed by atoms with Gasteiger partial charge in [0.05, 0.1) is 0 Å². The SMILES string of the molecule is C1=CCCC(c2c3ccccc3c(C3=Cc4c(sc5ccccc45)CC3)c3ccccc23)=C1. The lowest BCUT2D eigenvalue weighted by Gasteiger charge is -2.22. The number of benzene rings is 4. The number of rotatable bonds is 2. The summed E-state index contributed by atoms with van der Waals surface area (Å²) in [5, 5.41) is 6.94. The normalized spacial score (nSPS) is 15.6. The summed E-state index contributed by atoms with van der Waals surface area (Å²) in [6.45, 7) is 0. The van der Waals surface area contributed by atoms with Gasteiger partial charge in [-0.2, -0.15) is 0 Å². The van der Waals surface area contributed by atoms with Crippen molar-refractivity contribution < 1.29 is 0 Å². The van der Waals surface area contributed by atoms with Gasteiger partial charge in [0, 0.05) is 9.58 Å². The molecule has 0 spiro atoms. The largest absolute Gasteiger partial charge is 0.140 e. The molecule has 33 heavy (non-hydrogen) atoms. The summed E-state index contributed by atoms with van der Waals surface area (Å²) in [5.74, 6) is 0. The van der Waals surface area contributed by atoms with Gasteiger partial charge in [0.2, 0.25) is 0 Å². The molecule has 5 aromatic rings. The molecule has 0 N–H and O–H groups in total. The predicted molar refractivity (Wildman–Crippen MR) is 146 cm³/mol. The van der Waals surface area contributed by atoms with E-state index in [1.54, 1.807) is 0 Å². The molecule has 7 rings (SSSR count). The molecule has 2 aliphatic rings. The van der Waals surface area contributed by atoms with Crippen molar-refractivity contribution in [2.45, 2.75) is 25.7 Å². The van der Waals surface area contributed by atoms with Crippen LogP contribution in [0.3, 0.4) is 0 Å². The maximum atomic E-state index is 2.49. The van der Waals surface area contributed by atoms with Crippen LogP contribution in [0.4, 0.5) is 0 Å². The topological polar surface area (TPSA) is 0 Å². The van der Waals surface area contributed by atoms with Crippen molar-refractivity contribution in [2.75, 3.05) is 0 Å². The third-order valence-electron chi connectivity index (χ3n) is 7.24. The third kappa shape index (κ3) is 2.96. The molecule has 4 aromatic carbocycles. The van der Waals surface area contributed by atoms with Gasteiger partial charge in [-0.1, -0.05) is 85.0 Å². The Kier molecular flexibility index (Phi) is 4.38. The van der Waals surface area contributed by atoms with Gasteiger partial charge in [0.1, 0.15) is 0 Å². The molecule has 0 radical (unpaired) electrons. The van der Waals surface area contributed by atoms with Crippen LogP contribution >= 0.6 is 11.3 Å². The van der Waals surface area contributed by atoms with Crippen molar-refractivity contribution in [1.82, 2.24) is 0 Å². The number of aryl methyl sites for hydroxylation is 1. The molecule has 0 fully saturated rings. The highest BCUT2D eigenvalue weighted by molar-refractivity contribution is 7.19. The molecular weight excluding hydrogens is 416 g/mol. The van der Waals surface area contributed by atoms with Crippen molar-refractivity contribution in [1.29, 1.82) is 0 Å². The zero-order valence-corrected chi connectivity index (χ0v) is 19.3. The van der Waals surface area contributed by atoms with E-state index in [1.807, 2.05) is 11.3 Å². The Morgan fingerprint density at radius 2 is 1.18 bits per heavy atom. The van der Waals surface area contributed by atoms with Gasteiger partial charge < -0.3 is 0 Å². The van der Waals surface area contributed by atoms with E-state index in [0.717, 1.165) is 25.7 Å². The molecule has 0 atom stereocenters. The maximum absolute atomic E-state index is 2.49. The Labute approximate surface area is 198 Å². The number of fused-ring (bicyclic) bond motifs is 5. The van der Waals surface area contributed by atoms with Crippen LogP contribution in [0.5, 0.6) is 0 Å². The van der Waals surface area contributed by atoms with Gasteiger partial charge in [-0.15, -0.1) is 11.3 Å². The lowest BCUT2D eigenvalue weighted by molar-refractivity contribution is 1.03. The maximum Gasteiger partial charge on any atom is 0.0351 e. The van der Waals surface area contributed by atoms with Crippen molar-refractivity contribution >= 4 is 60.2 Å². The van der Waals surface area contributed by atoms with Crippen LogP contribution in [0.1, 0.15) is 40.8 Å². The van der Waals surface area contributed by atoms with E-state index in [9.17, 15) is 0 Å². The zero-order valence-electron chi connectivity index (χ0n) is 18.5. The van der Waals surface area contributed by atoms with Crippen LogP contribution in [0.25, 0.3) is 48.9 Å². The van der Waals surface area contributed by atoms with Crippen LogP contribution < -0.4 is 0 Å². The minimum absolute atomic E-state index is 1.10. The van der Waals surface area contributed by atoms with Crippen molar-refractivity contribution in [3.05, 3.63) is 113 Å². The van der Waals surface area contributed by atoms with E-state index in [2.05, 4.69) is 97.1 Å². The third-order valence-corrected chi connectivity index (χ3v) is 8.48. The first-order chi connectivity index (χ1) is 16.4. The van der Waals surface area contributed by atoms with Gasteiger partial charge in [-0.25, -0.2) is 0 Å². The first-order valence-electron chi connectivity index (χ1n) is 11.9. The van der Waals surface area contributed by atoms with Crippen molar-refractivity contribution in [2.24, 2.45) is 0 Å². The second-order valence-electron chi connectivity index (χ2n) is 9.10. The summed E-state index contributed by atoms with van der Waals surface area (Å²) in [4.78, 5) is 1.53. The minimum Gasteiger partial charge on any atom is -0.140 e. The average Bonchev–Trinajstić information content (AvgIpc) is 3.25. The molecule has 1 aromatic heterocycles. The summed E-state index contributed by atoms with van der Waals surface area (Å²) in [6, 6.07) is 27.0. The summed E-state index contributed by atoms with van der Waals surface area (Å²) >= 11 is 1.97. The summed E-state index contributed by atoms with van der Waals surface area (Å²) in [5.41, 5.74) is 7.22. The number of thiophene rings is 1. The van der Waals surface area contributed by atoms with E-state index in [-0.39, 0.29) is 0 Å². The molecule has 2 aliphatic carbocycles. The fourth-order valence-corrected chi connectivity index (χ4v) is 6.97. The van der Waals surface area contributed by atoms with Crippen LogP contribution in [-0.4, -0.2) is 0 Å². The van der Waals surface area contributed by atoms with Crippen LogP contribution in [0, 0.1) is 0 Å². The molecule has 0 amide bonds. The number of allylic oxidation sites excluding steroid dienone is 5. The number of hydrogen-bond donors (Lipinski definition) is 0. The summed E-state index contributed by atoms with van der Waals surface area (Å²) < 4.78 is 1.40. The Morgan fingerprint density at radius 3 is 1.82 bits per heavy atom. The van der Waals surface area contributed by atoms with Gasteiger partial charge in [-0.3, -0.25) is 0 Å². The van der Waals surface area contributed by atoms with Crippen LogP contribution in [0.15, 0.2) is 91.0 Å². The van der Waals surface area contributed by atoms with E-state index in [1.165, 1.54) is 64.3 Å². The molecular formula is C32H24S.